The molecule has 0 amide bonds. The fourth-order valence-corrected chi connectivity index (χ4v) is 2.09. The van der Waals surface area contributed by atoms with Gasteiger partial charge >= 0.3 is 0 Å². The first kappa shape index (κ1) is 12.7. The second-order valence-electron chi connectivity index (χ2n) is 3.61. The molecule has 0 aliphatic rings. The summed E-state index contributed by atoms with van der Waals surface area (Å²) < 4.78 is 7.79. The summed E-state index contributed by atoms with van der Waals surface area (Å²) in [5.74, 6) is 0. The van der Waals surface area contributed by atoms with Crippen molar-refractivity contribution in [1.29, 1.82) is 5.26 Å². The number of nitriles is 1. The molecule has 2 aromatic heterocycles. The molecule has 0 saturated heterocycles. The van der Waals surface area contributed by atoms with Crippen molar-refractivity contribution in [3.63, 3.8) is 0 Å². The van der Waals surface area contributed by atoms with E-state index >= 15 is 0 Å². The summed E-state index contributed by atoms with van der Waals surface area (Å²) in [5.41, 5.74) is 1.97. The molecule has 18 heavy (non-hydrogen) atoms. The smallest absolute Gasteiger partial charge is 0.121 e. The zero-order valence-corrected chi connectivity index (χ0v) is 11.4. The minimum atomic E-state index is 0.568. The summed E-state index contributed by atoms with van der Waals surface area (Å²) in [6.45, 7) is 1.32. The minimum Gasteiger partial charge on any atom is -0.383 e. The SMILES string of the molecule is COCCn1cnc(-c2cc(C#N)ccn2)c1Br. The highest BCUT2D eigenvalue weighted by atomic mass is 79.9. The van der Waals surface area contributed by atoms with Crippen LogP contribution in [0.5, 0.6) is 0 Å². The molecule has 0 atom stereocenters. The number of halogens is 1. The Bertz CT molecular complexity index is 588. The van der Waals surface area contributed by atoms with E-state index in [1.54, 1.807) is 31.8 Å². The van der Waals surface area contributed by atoms with Gasteiger partial charge in [0.15, 0.2) is 0 Å². The first-order valence-corrected chi connectivity index (χ1v) is 6.11. The van der Waals surface area contributed by atoms with Gasteiger partial charge in [-0.15, -0.1) is 0 Å². The summed E-state index contributed by atoms with van der Waals surface area (Å²) in [4.78, 5) is 8.53. The topological polar surface area (TPSA) is 63.7 Å². The van der Waals surface area contributed by atoms with E-state index in [1.165, 1.54) is 0 Å². The maximum absolute atomic E-state index is 8.87. The van der Waals surface area contributed by atoms with Gasteiger partial charge in [0.25, 0.3) is 0 Å². The van der Waals surface area contributed by atoms with Crippen LogP contribution in [0, 0.1) is 11.3 Å². The average Bonchev–Trinajstić information content (AvgIpc) is 2.78. The molecule has 0 aliphatic heterocycles. The third-order valence-electron chi connectivity index (χ3n) is 2.44. The number of imidazole rings is 1. The molecule has 0 saturated carbocycles. The predicted molar refractivity (Wildman–Crippen MR) is 69.7 cm³/mol. The van der Waals surface area contributed by atoms with Gasteiger partial charge in [-0.25, -0.2) is 4.98 Å². The van der Waals surface area contributed by atoms with Crippen molar-refractivity contribution in [2.45, 2.75) is 6.54 Å². The number of hydrogen-bond acceptors (Lipinski definition) is 4. The van der Waals surface area contributed by atoms with Gasteiger partial charge in [0, 0.05) is 19.9 Å². The Morgan fingerprint density at radius 2 is 2.33 bits per heavy atom. The predicted octanol–water partition coefficient (Wildman–Crippen LogP) is 2.23. The molecule has 0 radical (unpaired) electrons. The number of aromatic nitrogens is 3. The van der Waals surface area contributed by atoms with E-state index in [0.717, 1.165) is 10.3 Å². The molecular weight excluding hydrogens is 296 g/mol. The van der Waals surface area contributed by atoms with Gasteiger partial charge in [0.2, 0.25) is 0 Å². The lowest BCUT2D eigenvalue weighted by Crippen LogP contribution is -2.02. The van der Waals surface area contributed by atoms with E-state index in [9.17, 15) is 0 Å². The second-order valence-corrected chi connectivity index (χ2v) is 4.36. The van der Waals surface area contributed by atoms with Crippen LogP contribution < -0.4 is 0 Å². The largest absolute Gasteiger partial charge is 0.383 e. The molecule has 2 rings (SSSR count). The maximum atomic E-state index is 8.87. The maximum Gasteiger partial charge on any atom is 0.121 e. The van der Waals surface area contributed by atoms with Crippen LogP contribution in [0.25, 0.3) is 11.4 Å². The van der Waals surface area contributed by atoms with Crippen LogP contribution in [0.3, 0.4) is 0 Å². The van der Waals surface area contributed by atoms with Crippen molar-refractivity contribution in [3.8, 4) is 17.5 Å². The molecule has 0 fully saturated rings. The van der Waals surface area contributed by atoms with Gasteiger partial charge in [-0.3, -0.25) is 4.98 Å². The summed E-state index contributed by atoms with van der Waals surface area (Å²) in [6.07, 6.45) is 3.33. The van der Waals surface area contributed by atoms with Crippen molar-refractivity contribution in [2.24, 2.45) is 0 Å². The molecule has 0 aromatic carbocycles. The number of nitrogens with zero attached hydrogens (tertiary/aromatic N) is 4. The van der Waals surface area contributed by atoms with Crippen LogP contribution in [-0.4, -0.2) is 28.3 Å². The Hall–Kier alpha value is -1.71. The number of pyridine rings is 1. The highest BCUT2D eigenvalue weighted by Crippen LogP contribution is 2.25. The fourth-order valence-electron chi connectivity index (χ4n) is 1.51. The molecule has 2 heterocycles. The van der Waals surface area contributed by atoms with Crippen molar-refractivity contribution >= 4 is 15.9 Å². The minimum absolute atomic E-state index is 0.568. The molecule has 6 heteroatoms. The zero-order valence-electron chi connectivity index (χ0n) is 9.80. The van der Waals surface area contributed by atoms with Crippen molar-refractivity contribution in [3.05, 3.63) is 34.8 Å². The van der Waals surface area contributed by atoms with E-state index in [1.807, 2.05) is 4.57 Å². The Morgan fingerprint density at radius 3 is 3.06 bits per heavy atom. The standard InChI is InChI=1S/C12H11BrN4O/c1-18-5-4-17-8-16-11(12(17)13)10-6-9(7-14)2-3-15-10/h2-3,6,8H,4-5H2,1H3. The van der Waals surface area contributed by atoms with Crippen molar-refractivity contribution < 1.29 is 4.74 Å². The highest BCUT2D eigenvalue weighted by Gasteiger charge is 2.11. The first-order valence-electron chi connectivity index (χ1n) is 5.32. The van der Waals surface area contributed by atoms with Gasteiger partial charge in [0.05, 0.1) is 30.3 Å². The first-order chi connectivity index (χ1) is 8.76. The van der Waals surface area contributed by atoms with E-state index in [4.69, 9.17) is 10.00 Å². The Morgan fingerprint density at radius 1 is 1.50 bits per heavy atom. The van der Waals surface area contributed by atoms with Gasteiger partial charge in [-0.2, -0.15) is 5.26 Å². The second kappa shape index (κ2) is 5.76. The molecule has 0 aliphatic carbocycles. The van der Waals surface area contributed by atoms with Crippen LogP contribution in [0.4, 0.5) is 0 Å². The van der Waals surface area contributed by atoms with Gasteiger partial charge in [-0.05, 0) is 28.1 Å². The number of hydrogen-bond donors (Lipinski definition) is 0. The third-order valence-corrected chi connectivity index (χ3v) is 3.27. The van der Waals surface area contributed by atoms with Crippen molar-refractivity contribution in [1.82, 2.24) is 14.5 Å². The summed E-state index contributed by atoms with van der Waals surface area (Å²) in [5, 5.41) is 8.87. The lowest BCUT2D eigenvalue weighted by Gasteiger charge is -2.03. The summed E-state index contributed by atoms with van der Waals surface area (Å²) in [7, 11) is 1.66. The summed E-state index contributed by atoms with van der Waals surface area (Å²) >= 11 is 3.49. The molecule has 2 aromatic rings. The normalized spacial score (nSPS) is 10.3. The highest BCUT2D eigenvalue weighted by molar-refractivity contribution is 9.10. The van der Waals surface area contributed by atoms with Gasteiger partial charge in [-0.1, -0.05) is 0 Å². The van der Waals surface area contributed by atoms with E-state index in [2.05, 4.69) is 32.0 Å². The Balaban J connectivity index is 2.33. The van der Waals surface area contributed by atoms with Crippen LogP contribution in [0.1, 0.15) is 5.56 Å². The van der Waals surface area contributed by atoms with Gasteiger partial charge in [0.1, 0.15) is 10.3 Å². The molecule has 0 spiro atoms. The molecule has 5 nitrogen and oxygen atoms in total. The zero-order chi connectivity index (χ0) is 13.0. The lowest BCUT2D eigenvalue weighted by atomic mass is 10.2. The number of rotatable bonds is 4. The Labute approximate surface area is 113 Å². The molecule has 0 N–H and O–H groups in total. The van der Waals surface area contributed by atoms with E-state index in [-0.39, 0.29) is 0 Å². The van der Waals surface area contributed by atoms with Gasteiger partial charge < -0.3 is 9.30 Å². The van der Waals surface area contributed by atoms with E-state index in [0.29, 0.717) is 24.4 Å². The number of methoxy groups -OCH3 is 1. The number of ether oxygens (including phenoxy) is 1. The fraction of sp³-hybridized carbons (Fsp3) is 0.250. The van der Waals surface area contributed by atoms with Crippen LogP contribution in [0.15, 0.2) is 29.3 Å². The third kappa shape index (κ3) is 2.58. The quantitative estimate of drug-likeness (QED) is 0.869. The Kier molecular flexibility index (Phi) is 4.07. The molecule has 0 unspecified atom stereocenters. The molecule has 0 bridgehead atoms. The summed E-state index contributed by atoms with van der Waals surface area (Å²) in [6, 6.07) is 5.47. The van der Waals surface area contributed by atoms with Crippen molar-refractivity contribution in [2.75, 3.05) is 13.7 Å². The lowest BCUT2D eigenvalue weighted by molar-refractivity contribution is 0.186. The van der Waals surface area contributed by atoms with Crippen LogP contribution in [-0.2, 0) is 11.3 Å². The molecular formula is C12H11BrN4O. The van der Waals surface area contributed by atoms with E-state index < -0.39 is 0 Å². The average molecular weight is 307 g/mol. The molecule has 92 valence electrons. The van der Waals surface area contributed by atoms with Crippen LogP contribution in [0.2, 0.25) is 0 Å². The monoisotopic (exact) mass is 306 g/mol. The van der Waals surface area contributed by atoms with Crippen LogP contribution >= 0.6 is 15.9 Å².